The summed E-state index contributed by atoms with van der Waals surface area (Å²) in [7, 11) is 0. The molecule has 1 aromatic carbocycles. The van der Waals surface area contributed by atoms with Gasteiger partial charge in [0.1, 0.15) is 5.75 Å². The molecule has 94 valence electrons. The Bertz CT molecular complexity index is 529. The van der Waals surface area contributed by atoms with E-state index in [0.29, 0.717) is 17.3 Å². The van der Waals surface area contributed by atoms with Crippen LogP contribution in [-0.4, -0.2) is 16.1 Å². The van der Waals surface area contributed by atoms with Gasteiger partial charge in [0.05, 0.1) is 6.10 Å². The van der Waals surface area contributed by atoms with E-state index in [2.05, 4.69) is 9.97 Å². The van der Waals surface area contributed by atoms with E-state index in [0.717, 1.165) is 0 Å². The molecular formula is C13H15N3O2. The van der Waals surface area contributed by atoms with Crippen LogP contribution in [-0.2, 0) is 0 Å². The second kappa shape index (κ2) is 5.35. The zero-order valence-electron chi connectivity index (χ0n) is 10.3. The van der Waals surface area contributed by atoms with Crippen LogP contribution in [0.4, 0.5) is 5.69 Å². The second-order valence-electron chi connectivity index (χ2n) is 4.02. The van der Waals surface area contributed by atoms with Crippen molar-refractivity contribution >= 4 is 5.69 Å². The summed E-state index contributed by atoms with van der Waals surface area (Å²) in [5.74, 6) is 1.08. The van der Waals surface area contributed by atoms with E-state index >= 15 is 0 Å². The molecule has 2 N–H and O–H groups in total. The van der Waals surface area contributed by atoms with Crippen LogP contribution < -0.4 is 15.2 Å². The maximum absolute atomic E-state index is 5.66. The number of hydrogen-bond donors (Lipinski definition) is 1. The van der Waals surface area contributed by atoms with Gasteiger partial charge in [0.15, 0.2) is 0 Å². The highest BCUT2D eigenvalue weighted by Gasteiger charge is 2.04. The predicted molar refractivity (Wildman–Crippen MR) is 68.7 cm³/mol. The zero-order valence-corrected chi connectivity index (χ0v) is 10.3. The number of nitrogens with two attached hydrogens (primary N) is 1. The molecule has 0 spiro atoms. The fraction of sp³-hybridized carbons (Fsp3) is 0.231. The summed E-state index contributed by atoms with van der Waals surface area (Å²) in [6, 6.07) is 9.01. The largest absolute Gasteiger partial charge is 0.475 e. The summed E-state index contributed by atoms with van der Waals surface area (Å²) in [6.45, 7) is 3.86. The highest BCUT2D eigenvalue weighted by molar-refractivity contribution is 5.44. The van der Waals surface area contributed by atoms with Crippen molar-refractivity contribution in [2.45, 2.75) is 20.0 Å². The predicted octanol–water partition coefficient (Wildman–Crippen LogP) is 2.64. The van der Waals surface area contributed by atoms with Crippen LogP contribution in [0.25, 0.3) is 0 Å². The molecule has 5 nitrogen and oxygen atoms in total. The van der Waals surface area contributed by atoms with Gasteiger partial charge >= 0.3 is 6.01 Å². The van der Waals surface area contributed by atoms with Gasteiger partial charge in [-0.3, -0.25) is 0 Å². The molecule has 1 aromatic heterocycles. The van der Waals surface area contributed by atoms with Crippen molar-refractivity contribution in [3.05, 3.63) is 36.5 Å². The van der Waals surface area contributed by atoms with Gasteiger partial charge in [-0.1, -0.05) is 6.07 Å². The molecule has 0 bridgehead atoms. The number of anilines is 1. The normalized spacial score (nSPS) is 10.4. The zero-order chi connectivity index (χ0) is 13.0. The molecule has 0 aliphatic carbocycles. The number of nitrogen functional groups attached to an aromatic ring is 1. The molecule has 0 aliphatic rings. The van der Waals surface area contributed by atoms with Crippen LogP contribution in [0.1, 0.15) is 13.8 Å². The Morgan fingerprint density at radius 2 is 2.06 bits per heavy atom. The van der Waals surface area contributed by atoms with Crippen LogP contribution in [0.3, 0.4) is 0 Å². The molecule has 0 unspecified atom stereocenters. The first-order chi connectivity index (χ1) is 8.63. The molecule has 2 aromatic rings. The van der Waals surface area contributed by atoms with Crippen LogP contribution >= 0.6 is 0 Å². The molecule has 2 rings (SSSR count). The second-order valence-corrected chi connectivity index (χ2v) is 4.02. The SMILES string of the molecule is CC(C)Oc1ccnc(Oc2cccc(N)c2)n1. The lowest BCUT2D eigenvalue weighted by atomic mass is 10.3. The van der Waals surface area contributed by atoms with Gasteiger partial charge in [0.25, 0.3) is 0 Å². The van der Waals surface area contributed by atoms with Gasteiger partial charge in [0, 0.05) is 24.0 Å². The summed E-state index contributed by atoms with van der Waals surface area (Å²) in [5, 5.41) is 0. The summed E-state index contributed by atoms with van der Waals surface area (Å²) in [6.07, 6.45) is 1.65. The quantitative estimate of drug-likeness (QED) is 0.838. The molecule has 0 aliphatic heterocycles. The van der Waals surface area contributed by atoms with Crippen molar-refractivity contribution in [1.29, 1.82) is 0 Å². The van der Waals surface area contributed by atoms with Crippen LogP contribution in [0.2, 0.25) is 0 Å². The third kappa shape index (κ3) is 3.35. The third-order valence-corrected chi connectivity index (χ3v) is 2.03. The summed E-state index contributed by atoms with van der Waals surface area (Å²) in [5.41, 5.74) is 6.29. The van der Waals surface area contributed by atoms with Crippen molar-refractivity contribution in [3.63, 3.8) is 0 Å². The van der Waals surface area contributed by atoms with Gasteiger partial charge in [-0.2, -0.15) is 4.98 Å². The molecule has 0 saturated heterocycles. The Kier molecular flexibility index (Phi) is 3.62. The van der Waals surface area contributed by atoms with E-state index in [1.807, 2.05) is 13.8 Å². The van der Waals surface area contributed by atoms with Crippen LogP contribution in [0.15, 0.2) is 36.5 Å². The van der Waals surface area contributed by atoms with Crippen LogP contribution in [0, 0.1) is 0 Å². The first kappa shape index (κ1) is 12.2. The Hall–Kier alpha value is -2.30. The highest BCUT2D eigenvalue weighted by atomic mass is 16.5. The highest BCUT2D eigenvalue weighted by Crippen LogP contribution is 2.21. The van der Waals surface area contributed by atoms with Gasteiger partial charge in [-0.05, 0) is 26.0 Å². The van der Waals surface area contributed by atoms with Crippen molar-refractivity contribution in [2.24, 2.45) is 0 Å². The Balaban J connectivity index is 2.14. The lowest BCUT2D eigenvalue weighted by Crippen LogP contribution is -2.07. The number of hydrogen-bond acceptors (Lipinski definition) is 5. The Labute approximate surface area is 106 Å². The minimum Gasteiger partial charge on any atom is -0.475 e. The van der Waals surface area contributed by atoms with Crippen molar-refractivity contribution < 1.29 is 9.47 Å². The van der Waals surface area contributed by atoms with E-state index in [1.165, 1.54) is 0 Å². The van der Waals surface area contributed by atoms with E-state index in [9.17, 15) is 0 Å². The number of aromatic nitrogens is 2. The smallest absolute Gasteiger partial charge is 0.325 e. The van der Waals surface area contributed by atoms with E-state index < -0.39 is 0 Å². The summed E-state index contributed by atoms with van der Waals surface area (Å²) < 4.78 is 11.0. The van der Waals surface area contributed by atoms with E-state index in [-0.39, 0.29) is 12.1 Å². The maximum Gasteiger partial charge on any atom is 0.325 e. The third-order valence-electron chi connectivity index (χ3n) is 2.03. The molecule has 0 amide bonds. The molecular weight excluding hydrogens is 230 g/mol. The molecule has 5 heteroatoms. The maximum atomic E-state index is 5.66. The molecule has 0 fully saturated rings. The number of nitrogens with zero attached hydrogens (tertiary/aromatic N) is 2. The first-order valence-corrected chi connectivity index (χ1v) is 5.66. The van der Waals surface area contributed by atoms with E-state index in [4.69, 9.17) is 15.2 Å². The minimum atomic E-state index is 0.0557. The minimum absolute atomic E-state index is 0.0557. The monoisotopic (exact) mass is 245 g/mol. The van der Waals surface area contributed by atoms with Gasteiger partial charge < -0.3 is 15.2 Å². The topological polar surface area (TPSA) is 70.3 Å². The first-order valence-electron chi connectivity index (χ1n) is 5.66. The summed E-state index contributed by atoms with van der Waals surface area (Å²) in [4.78, 5) is 8.16. The van der Waals surface area contributed by atoms with Gasteiger partial charge in [-0.25, -0.2) is 4.98 Å². The molecule has 1 heterocycles. The average Bonchev–Trinajstić information content (AvgIpc) is 2.28. The van der Waals surface area contributed by atoms with Crippen molar-refractivity contribution in [3.8, 4) is 17.6 Å². The van der Waals surface area contributed by atoms with Crippen molar-refractivity contribution in [2.75, 3.05) is 5.73 Å². The fourth-order valence-corrected chi connectivity index (χ4v) is 1.36. The Morgan fingerprint density at radius 1 is 1.22 bits per heavy atom. The standard InChI is InChI=1S/C13H15N3O2/c1-9(2)17-12-6-7-15-13(16-12)18-11-5-3-4-10(14)8-11/h3-9H,14H2,1-2H3. The lowest BCUT2D eigenvalue weighted by Gasteiger charge is -2.09. The number of rotatable bonds is 4. The fourth-order valence-electron chi connectivity index (χ4n) is 1.36. The molecule has 0 atom stereocenters. The number of benzene rings is 1. The Morgan fingerprint density at radius 3 is 2.78 bits per heavy atom. The van der Waals surface area contributed by atoms with Crippen molar-refractivity contribution in [1.82, 2.24) is 9.97 Å². The molecule has 0 radical (unpaired) electrons. The number of ether oxygens (including phenoxy) is 2. The van der Waals surface area contributed by atoms with Gasteiger partial charge in [-0.15, -0.1) is 0 Å². The molecule has 18 heavy (non-hydrogen) atoms. The lowest BCUT2D eigenvalue weighted by molar-refractivity contribution is 0.229. The average molecular weight is 245 g/mol. The molecule has 0 saturated carbocycles. The van der Waals surface area contributed by atoms with E-state index in [1.54, 1.807) is 36.5 Å². The summed E-state index contributed by atoms with van der Waals surface area (Å²) >= 11 is 0. The van der Waals surface area contributed by atoms with Crippen LogP contribution in [0.5, 0.6) is 17.6 Å². The van der Waals surface area contributed by atoms with Gasteiger partial charge in [0.2, 0.25) is 5.88 Å².